The maximum atomic E-state index is 12.6. The molecule has 5 nitrogen and oxygen atoms in total. The minimum absolute atomic E-state index is 0.0137. The van der Waals surface area contributed by atoms with Crippen LogP contribution in [0.3, 0.4) is 0 Å². The van der Waals surface area contributed by atoms with Gasteiger partial charge in [0.2, 0.25) is 0 Å². The van der Waals surface area contributed by atoms with Gasteiger partial charge in [-0.2, -0.15) is 0 Å². The van der Waals surface area contributed by atoms with Gasteiger partial charge in [-0.1, -0.05) is 12.1 Å². The summed E-state index contributed by atoms with van der Waals surface area (Å²) < 4.78 is 11.6. The normalized spacial score (nSPS) is 16.8. The van der Waals surface area contributed by atoms with Crippen LogP contribution in [0.15, 0.2) is 53.6 Å². The highest BCUT2D eigenvalue weighted by molar-refractivity contribution is 7.84. The number of hydrogen-bond donors (Lipinski definition) is 0. The molecular formula is C18H21N3O2S. The highest BCUT2D eigenvalue weighted by Crippen LogP contribution is 2.14. The maximum Gasteiger partial charge on any atom is 0.253 e. The van der Waals surface area contributed by atoms with Crippen molar-refractivity contribution >= 4 is 16.7 Å². The zero-order chi connectivity index (χ0) is 16.9. The summed E-state index contributed by atoms with van der Waals surface area (Å²) in [4.78, 5) is 21.9. The third-order valence-electron chi connectivity index (χ3n) is 4.18. The van der Waals surface area contributed by atoms with Gasteiger partial charge in [-0.25, -0.2) is 0 Å². The molecule has 1 aromatic carbocycles. The van der Waals surface area contributed by atoms with E-state index in [0.29, 0.717) is 23.5 Å². The van der Waals surface area contributed by atoms with Crippen LogP contribution in [0.2, 0.25) is 0 Å². The number of piperazine rings is 1. The Morgan fingerprint density at radius 1 is 1.12 bits per heavy atom. The number of aromatic nitrogens is 1. The Morgan fingerprint density at radius 2 is 1.92 bits per heavy atom. The van der Waals surface area contributed by atoms with E-state index in [-0.39, 0.29) is 5.91 Å². The molecular weight excluding hydrogens is 322 g/mol. The third-order valence-corrected chi connectivity index (χ3v) is 5.10. The van der Waals surface area contributed by atoms with E-state index in [4.69, 9.17) is 0 Å². The summed E-state index contributed by atoms with van der Waals surface area (Å²) in [6.45, 7) is 3.88. The average molecular weight is 343 g/mol. The van der Waals surface area contributed by atoms with Gasteiger partial charge in [0.05, 0.1) is 5.69 Å². The number of carbonyl (C=O) groups is 1. The van der Waals surface area contributed by atoms with Crippen LogP contribution < -0.4 is 0 Å². The highest BCUT2D eigenvalue weighted by Gasteiger charge is 2.22. The van der Waals surface area contributed by atoms with E-state index in [2.05, 4.69) is 9.88 Å². The molecule has 0 N–H and O–H groups in total. The first-order chi connectivity index (χ1) is 11.6. The summed E-state index contributed by atoms with van der Waals surface area (Å²) in [5.41, 5.74) is 1.66. The van der Waals surface area contributed by atoms with Gasteiger partial charge in [-0.05, 0) is 30.3 Å². The van der Waals surface area contributed by atoms with Crippen LogP contribution in [0, 0.1) is 0 Å². The molecule has 0 aliphatic carbocycles. The van der Waals surface area contributed by atoms with Gasteiger partial charge in [0.1, 0.15) is 0 Å². The zero-order valence-electron chi connectivity index (χ0n) is 13.7. The number of carbonyl (C=O) groups excluding carboxylic acids is 1. The van der Waals surface area contributed by atoms with E-state index in [0.717, 1.165) is 25.3 Å². The Morgan fingerprint density at radius 3 is 2.58 bits per heavy atom. The second kappa shape index (κ2) is 7.68. The van der Waals surface area contributed by atoms with Crippen LogP contribution in [-0.4, -0.2) is 57.3 Å². The van der Waals surface area contributed by atoms with Crippen LogP contribution >= 0.6 is 0 Å². The van der Waals surface area contributed by atoms with Crippen LogP contribution in [0.4, 0.5) is 0 Å². The molecule has 126 valence electrons. The molecule has 2 heterocycles. The maximum absolute atomic E-state index is 12.6. The number of pyridine rings is 1. The molecule has 24 heavy (non-hydrogen) atoms. The molecule has 1 fully saturated rings. The lowest BCUT2D eigenvalue weighted by atomic mass is 10.2. The van der Waals surface area contributed by atoms with Crippen molar-refractivity contribution in [1.29, 1.82) is 0 Å². The van der Waals surface area contributed by atoms with Crippen molar-refractivity contribution in [3.8, 4) is 0 Å². The Labute approximate surface area is 144 Å². The monoisotopic (exact) mass is 343 g/mol. The Bertz CT molecular complexity index is 728. The average Bonchev–Trinajstić information content (AvgIpc) is 2.63. The van der Waals surface area contributed by atoms with Crippen LogP contribution in [0.5, 0.6) is 0 Å². The van der Waals surface area contributed by atoms with Crippen LogP contribution in [-0.2, 0) is 17.3 Å². The SMILES string of the molecule is CS(=O)c1cccc(C(=O)N2CCN(Cc3ccccn3)CC2)c1. The van der Waals surface area contributed by atoms with Crippen molar-refractivity contribution in [3.63, 3.8) is 0 Å². The first-order valence-corrected chi connectivity index (χ1v) is 9.54. The van der Waals surface area contributed by atoms with Gasteiger partial charge in [0.25, 0.3) is 5.91 Å². The van der Waals surface area contributed by atoms with Crippen molar-refractivity contribution in [3.05, 3.63) is 59.9 Å². The molecule has 0 saturated carbocycles. The van der Waals surface area contributed by atoms with Gasteiger partial charge in [-0.3, -0.25) is 18.9 Å². The van der Waals surface area contributed by atoms with Gasteiger partial charge < -0.3 is 4.90 Å². The Balaban J connectivity index is 1.59. The topological polar surface area (TPSA) is 53.5 Å². The fraction of sp³-hybridized carbons (Fsp3) is 0.333. The van der Waals surface area contributed by atoms with E-state index in [1.165, 1.54) is 0 Å². The zero-order valence-corrected chi connectivity index (χ0v) is 14.5. The van der Waals surface area contributed by atoms with Crippen molar-refractivity contribution in [2.45, 2.75) is 11.4 Å². The van der Waals surface area contributed by atoms with E-state index >= 15 is 0 Å². The van der Waals surface area contributed by atoms with Gasteiger partial charge >= 0.3 is 0 Å². The largest absolute Gasteiger partial charge is 0.336 e. The number of nitrogens with zero attached hydrogens (tertiary/aromatic N) is 3. The molecule has 2 aromatic rings. The number of rotatable bonds is 4. The summed E-state index contributed by atoms with van der Waals surface area (Å²) in [5, 5.41) is 0. The minimum Gasteiger partial charge on any atom is -0.336 e. The van der Waals surface area contributed by atoms with Crippen molar-refractivity contribution < 1.29 is 9.00 Å². The van der Waals surface area contributed by atoms with Crippen molar-refractivity contribution in [2.24, 2.45) is 0 Å². The quantitative estimate of drug-likeness (QED) is 0.849. The standard InChI is InChI=1S/C18H21N3O2S/c1-24(23)17-7-4-5-15(13-17)18(22)21-11-9-20(10-12-21)14-16-6-2-3-8-19-16/h2-8,13H,9-12,14H2,1H3. The highest BCUT2D eigenvalue weighted by atomic mass is 32.2. The molecule has 1 saturated heterocycles. The summed E-state index contributed by atoms with van der Waals surface area (Å²) in [6.07, 6.45) is 3.43. The molecule has 1 aliphatic rings. The van der Waals surface area contributed by atoms with E-state index in [9.17, 15) is 9.00 Å². The van der Waals surface area contributed by atoms with Crippen LogP contribution in [0.25, 0.3) is 0 Å². The molecule has 1 atom stereocenters. The van der Waals surface area contributed by atoms with E-state index < -0.39 is 10.8 Å². The molecule has 1 aliphatic heterocycles. The number of hydrogen-bond acceptors (Lipinski definition) is 4. The second-order valence-electron chi connectivity index (χ2n) is 5.87. The van der Waals surface area contributed by atoms with Gasteiger partial charge in [0.15, 0.2) is 0 Å². The lowest BCUT2D eigenvalue weighted by Crippen LogP contribution is -2.48. The second-order valence-corrected chi connectivity index (χ2v) is 7.25. The molecule has 6 heteroatoms. The summed E-state index contributed by atoms with van der Waals surface area (Å²) >= 11 is 0. The summed E-state index contributed by atoms with van der Waals surface area (Å²) in [5.74, 6) is 0.0137. The summed E-state index contributed by atoms with van der Waals surface area (Å²) in [6, 6.07) is 13.0. The smallest absolute Gasteiger partial charge is 0.253 e. The third kappa shape index (κ3) is 4.07. The molecule has 0 radical (unpaired) electrons. The predicted molar refractivity (Wildman–Crippen MR) is 94.2 cm³/mol. The number of amides is 1. The first-order valence-electron chi connectivity index (χ1n) is 7.98. The van der Waals surface area contributed by atoms with Crippen LogP contribution in [0.1, 0.15) is 16.1 Å². The molecule has 1 aromatic heterocycles. The molecule has 0 spiro atoms. The Kier molecular flexibility index (Phi) is 5.37. The minimum atomic E-state index is -1.07. The predicted octanol–water partition coefficient (Wildman–Crippen LogP) is 1.78. The van der Waals surface area contributed by atoms with E-state index in [1.54, 1.807) is 36.7 Å². The van der Waals surface area contributed by atoms with Crippen molar-refractivity contribution in [2.75, 3.05) is 32.4 Å². The lowest BCUT2D eigenvalue weighted by Gasteiger charge is -2.34. The summed E-state index contributed by atoms with van der Waals surface area (Å²) in [7, 11) is -1.07. The molecule has 3 rings (SSSR count). The first kappa shape index (κ1) is 16.8. The fourth-order valence-electron chi connectivity index (χ4n) is 2.82. The van der Waals surface area contributed by atoms with E-state index in [1.807, 2.05) is 23.1 Å². The fourth-order valence-corrected chi connectivity index (χ4v) is 3.38. The lowest BCUT2D eigenvalue weighted by molar-refractivity contribution is 0.0627. The van der Waals surface area contributed by atoms with Gasteiger partial charge in [0, 0.05) is 66.4 Å². The van der Waals surface area contributed by atoms with Crippen molar-refractivity contribution in [1.82, 2.24) is 14.8 Å². The molecule has 0 bridgehead atoms. The molecule has 1 amide bonds. The molecule has 1 unspecified atom stereocenters. The van der Waals surface area contributed by atoms with Gasteiger partial charge in [-0.15, -0.1) is 0 Å². The number of benzene rings is 1. The Hall–Kier alpha value is -2.05.